The number of hydrogen-bond acceptors (Lipinski definition) is 2. The zero-order chi connectivity index (χ0) is 11.7. The standard InChI is InChI=1S/C12H12BrNO2/c1-3-16-12(15)11-10(13)8-6-7(2)4-5-9(8)14-11/h4-6,14H,3H2,1-2H3. The van der Waals surface area contributed by atoms with Crippen molar-refractivity contribution in [2.75, 3.05) is 6.61 Å². The highest BCUT2D eigenvalue weighted by molar-refractivity contribution is 9.10. The van der Waals surface area contributed by atoms with Crippen molar-refractivity contribution in [2.24, 2.45) is 0 Å². The fraction of sp³-hybridized carbons (Fsp3) is 0.250. The molecule has 0 bridgehead atoms. The van der Waals surface area contributed by atoms with Crippen LogP contribution in [0.15, 0.2) is 22.7 Å². The second-order valence-corrected chi connectivity index (χ2v) is 4.38. The summed E-state index contributed by atoms with van der Waals surface area (Å²) in [5, 5.41) is 1.00. The van der Waals surface area contributed by atoms with Crippen LogP contribution in [-0.2, 0) is 4.74 Å². The average Bonchev–Trinajstić information content (AvgIpc) is 2.57. The predicted octanol–water partition coefficient (Wildman–Crippen LogP) is 3.42. The third-order valence-corrected chi connectivity index (χ3v) is 3.19. The van der Waals surface area contributed by atoms with E-state index in [4.69, 9.17) is 4.74 Å². The maximum absolute atomic E-state index is 11.6. The zero-order valence-electron chi connectivity index (χ0n) is 9.13. The molecule has 0 fully saturated rings. The molecule has 0 unspecified atom stereocenters. The number of aryl methyl sites for hydroxylation is 1. The van der Waals surface area contributed by atoms with Gasteiger partial charge in [-0.2, -0.15) is 0 Å². The largest absolute Gasteiger partial charge is 0.461 e. The maximum Gasteiger partial charge on any atom is 0.355 e. The topological polar surface area (TPSA) is 42.1 Å². The Labute approximate surface area is 102 Å². The molecular weight excluding hydrogens is 270 g/mol. The fourth-order valence-electron chi connectivity index (χ4n) is 1.62. The van der Waals surface area contributed by atoms with E-state index in [2.05, 4.69) is 20.9 Å². The first-order valence-corrected chi connectivity index (χ1v) is 5.87. The number of rotatable bonds is 2. The average molecular weight is 282 g/mol. The first kappa shape index (κ1) is 11.2. The van der Waals surface area contributed by atoms with E-state index in [1.165, 1.54) is 0 Å². The molecule has 4 heteroatoms. The van der Waals surface area contributed by atoms with Gasteiger partial charge in [-0.3, -0.25) is 0 Å². The van der Waals surface area contributed by atoms with E-state index in [0.717, 1.165) is 20.9 Å². The van der Waals surface area contributed by atoms with E-state index < -0.39 is 0 Å². The van der Waals surface area contributed by atoms with Gasteiger partial charge in [0.15, 0.2) is 0 Å². The van der Waals surface area contributed by atoms with E-state index in [9.17, 15) is 4.79 Å². The maximum atomic E-state index is 11.6. The van der Waals surface area contributed by atoms with Gasteiger partial charge in [0, 0.05) is 10.9 Å². The first-order chi connectivity index (χ1) is 7.63. The van der Waals surface area contributed by atoms with Crippen molar-refractivity contribution in [3.8, 4) is 0 Å². The lowest BCUT2D eigenvalue weighted by atomic mass is 10.2. The van der Waals surface area contributed by atoms with Gasteiger partial charge in [-0.25, -0.2) is 4.79 Å². The van der Waals surface area contributed by atoms with Gasteiger partial charge >= 0.3 is 5.97 Å². The Hall–Kier alpha value is -1.29. The van der Waals surface area contributed by atoms with Gasteiger partial charge in [-0.15, -0.1) is 0 Å². The summed E-state index contributed by atoms with van der Waals surface area (Å²) < 4.78 is 5.74. The molecule has 16 heavy (non-hydrogen) atoms. The smallest absolute Gasteiger partial charge is 0.355 e. The number of carbonyl (C=O) groups excluding carboxylic acids is 1. The van der Waals surface area contributed by atoms with Gasteiger partial charge < -0.3 is 9.72 Å². The third kappa shape index (κ3) is 1.85. The summed E-state index contributed by atoms with van der Waals surface area (Å²) in [5.41, 5.74) is 2.56. The van der Waals surface area contributed by atoms with Gasteiger partial charge in [0.1, 0.15) is 5.69 Å². The van der Waals surface area contributed by atoms with Gasteiger partial charge in [-0.05, 0) is 41.9 Å². The summed E-state index contributed by atoms with van der Waals surface area (Å²) in [6.45, 7) is 4.18. The van der Waals surface area contributed by atoms with Crippen LogP contribution in [0.25, 0.3) is 10.9 Å². The normalized spacial score (nSPS) is 10.7. The van der Waals surface area contributed by atoms with E-state index in [-0.39, 0.29) is 5.97 Å². The van der Waals surface area contributed by atoms with Crippen molar-refractivity contribution < 1.29 is 9.53 Å². The van der Waals surface area contributed by atoms with E-state index in [0.29, 0.717) is 12.3 Å². The summed E-state index contributed by atoms with van der Waals surface area (Å²) in [6.07, 6.45) is 0. The minimum atomic E-state index is -0.330. The molecule has 2 aromatic rings. The summed E-state index contributed by atoms with van der Waals surface area (Å²) in [5.74, 6) is -0.330. The molecular formula is C12H12BrNO2. The molecule has 3 nitrogen and oxygen atoms in total. The summed E-state index contributed by atoms with van der Waals surface area (Å²) in [4.78, 5) is 14.7. The predicted molar refractivity (Wildman–Crippen MR) is 66.7 cm³/mol. The number of esters is 1. The highest BCUT2D eigenvalue weighted by atomic mass is 79.9. The lowest BCUT2D eigenvalue weighted by Crippen LogP contribution is -2.05. The Morgan fingerprint density at radius 3 is 2.94 bits per heavy atom. The summed E-state index contributed by atoms with van der Waals surface area (Å²) in [7, 11) is 0. The lowest BCUT2D eigenvalue weighted by molar-refractivity contribution is 0.0519. The number of aromatic amines is 1. The van der Waals surface area contributed by atoms with E-state index in [1.54, 1.807) is 6.92 Å². The molecule has 1 heterocycles. The molecule has 1 aromatic heterocycles. The minimum Gasteiger partial charge on any atom is -0.461 e. The van der Waals surface area contributed by atoms with Crippen molar-refractivity contribution in [3.05, 3.63) is 33.9 Å². The van der Waals surface area contributed by atoms with Crippen molar-refractivity contribution in [3.63, 3.8) is 0 Å². The third-order valence-electron chi connectivity index (χ3n) is 2.37. The molecule has 0 amide bonds. The van der Waals surface area contributed by atoms with Crippen LogP contribution in [0.1, 0.15) is 23.0 Å². The number of carbonyl (C=O) groups is 1. The van der Waals surface area contributed by atoms with Crippen LogP contribution in [0.2, 0.25) is 0 Å². The van der Waals surface area contributed by atoms with Gasteiger partial charge in [0.05, 0.1) is 11.1 Å². The quantitative estimate of drug-likeness (QED) is 0.857. The van der Waals surface area contributed by atoms with Crippen molar-refractivity contribution in [1.82, 2.24) is 4.98 Å². The van der Waals surface area contributed by atoms with E-state index >= 15 is 0 Å². The molecule has 0 aliphatic heterocycles. The monoisotopic (exact) mass is 281 g/mol. The van der Waals surface area contributed by atoms with Crippen molar-refractivity contribution in [2.45, 2.75) is 13.8 Å². The van der Waals surface area contributed by atoms with Crippen LogP contribution in [-0.4, -0.2) is 17.6 Å². The fourth-order valence-corrected chi connectivity index (χ4v) is 2.21. The molecule has 0 spiro atoms. The zero-order valence-corrected chi connectivity index (χ0v) is 10.7. The lowest BCUT2D eigenvalue weighted by Gasteiger charge is -1.98. The molecule has 84 valence electrons. The van der Waals surface area contributed by atoms with Gasteiger partial charge in [0.25, 0.3) is 0 Å². The number of nitrogens with one attached hydrogen (secondary N) is 1. The number of ether oxygens (including phenoxy) is 1. The summed E-state index contributed by atoms with van der Waals surface area (Å²) in [6, 6.07) is 5.98. The molecule has 2 rings (SSSR count). The molecule has 1 N–H and O–H groups in total. The van der Waals surface area contributed by atoms with Crippen LogP contribution >= 0.6 is 15.9 Å². The minimum absolute atomic E-state index is 0.330. The second-order valence-electron chi connectivity index (χ2n) is 3.58. The Balaban J connectivity index is 2.56. The summed E-state index contributed by atoms with van der Waals surface area (Å²) >= 11 is 3.42. The van der Waals surface area contributed by atoms with Crippen molar-refractivity contribution >= 4 is 32.8 Å². The Kier molecular flexibility index (Phi) is 3.01. The number of hydrogen-bond donors (Lipinski definition) is 1. The molecule has 0 radical (unpaired) electrons. The molecule has 0 aliphatic carbocycles. The molecule has 0 atom stereocenters. The number of aromatic nitrogens is 1. The molecule has 0 aliphatic rings. The second kappa shape index (κ2) is 4.29. The van der Waals surface area contributed by atoms with Gasteiger partial charge in [-0.1, -0.05) is 11.6 Å². The molecule has 0 saturated carbocycles. The molecule has 0 saturated heterocycles. The number of benzene rings is 1. The Morgan fingerprint density at radius 2 is 2.25 bits per heavy atom. The first-order valence-electron chi connectivity index (χ1n) is 5.08. The number of H-pyrrole nitrogens is 1. The van der Waals surface area contributed by atoms with E-state index in [1.807, 2.05) is 25.1 Å². The number of halogens is 1. The van der Waals surface area contributed by atoms with Gasteiger partial charge in [0.2, 0.25) is 0 Å². The van der Waals surface area contributed by atoms with Crippen LogP contribution in [0.4, 0.5) is 0 Å². The SMILES string of the molecule is CCOC(=O)c1[nH]c2ccc(C)cc2c1Br. The van der Waals surface area contributed by atoms with Crippen LogP contribution in [0, 0.1) is 6.92 Å². The highest BCUT2D eigenvalue weighted by Crippen LogP contribution is 2.29. The van der Waals surface area contributed by atoms with Crippen LogP contribution < -0.4 is 0 Å². The number of fused-ring (bicyclic) bond motifs is 1. The Morgan fingerprint density at radius 1 is 1.50 bits per heavy atom. The highest BCUT2D eigenvalue weighted by Gasteiger charge is 2.16. The van der Waals surface area contributed by atoms with Crippen LogP contribution in [0.5, 0.6) is 0 Å². The van der Waals surface area contributed by atoms with Crippen LogP contribution in [0.3, 0.4) is 0 Å². The van der Waals surface area contributed by atoms with Crippen molar-refractivity contribution in [1.29, 1.82) is 0 Å². The Bertz CT molecular complexity index is 545. The molecule has 1 aromatic carbocycles.